The summed E-state index contributed by atoms with van der Waals surface area (Å²) in [6.07, 6.45) is 5.27. The van der Waals surface area contributed by atoms with Crippen LogP contribution in [0.25, 0.3) is 0 Å². The maximum atomic E-state index is 4.32. The predicted octanol–water partition coefficient (Wildman–Crippen LogP) is 3.76. The van der Waals surface area contributed by atoms with Crippen LogP contribution in [-0.2, 0) is 0 Å². The first-order chi connectivity index (χ1) is 9.14. The van der Waals surface area contributed by atoms with E-state index >= 15 is 0 Å². The first-order valence-corrected chi connectivity index (χ1v) is 8.55. The molecule has 1 saturated heterocycles. The molecule has 2 heterocycles. The van der Waals surface area contributed by atoms with Gasteiger partial charge in [0.2, 0.25) is 0 Å². The summed E-state index contributed by atoms with van der Waals surface area (Å²) in [5.74, 6) is 3.01. The van der Waals surface area contributed by atoms with E-state index in [1.807, 2.05) is 0 Å². The third-order valence-electron chi connectivity index (χ3n) is 3.26. The van der Waals surface area contributed by atoms with E-state index in [1.54, 1.807) is 6.33 Å². The Balaban J connectivity index is 1.99. The Labute approximate surface area is 127 Å². The number of rotatable bonds is 6. The number of hydrogen-bond donors (Lipinski definition) is 2. The van der Waals surface area contributed by atoms with Gasteiger partial charge in [-0.1, -0.05) is 6.92 Å². The fourth-order valence-electron chi connectivity index (χ4n) is 2.11. The molecule has 0 aromatic carbocycles. The van der Waals surface area contributed by atoms with Gasteiger partial charge in [0.05, 0.1) is 0 Å². The summed E-state index contributed by atoms with van der Waals surface area (Å²) in [4.78, 5) is 8.58. The average Bonchev–Trinajstić information content (AvgIpc) is 2.84. The fourth-order valence-corrected chi connectivity index (χ4v) is 3.84. The van der Waals surface area contributed by atoms with Gasteiger partial charge in [-0.05, 0) is 47.9 Å². The third-order valence-corrected chi connectivity index (χ3v) is 5.55. The first-order valence-electron chi connectivity index (χ1n) is 6.77. The molecule has 19 heavy (non-hydrogen) atoms. The van der Waals surface area contributed by atoms with E-state index in [2.05, 4.69) is 62.1 Å². The molecule has 1 aromatic heterocycles. The largest absolute Gasteiger partial charge is 0.369 e. The maximum absolute atomic E-state index is 4.32. The van der Waals surface area contributed by atoms with Gasteiger partial charge >= 0.3 is 0 Å². The van der Waals surface area contributed by atoms with Gasteiger partial charge in [-0.3, -0.25) is 0 Å². The maximum Gasteiger partial charge on any atom is 0.145 e. The molecule has 6 heteroatoms. The topological polar surface area (TPSA) is 49.8 Å². The number of halogens is 1. The van der Waals surface area contributed by atoms with Gasteiger partial charge in [-0.2, -0.15) is 11.8 Å². The minimum absolute atomic E-state index is 0.335. The Morgan fingerprint density at radius 3 is 2.74 bits per heavy atom. The van der Waals surface area contributed by atoms with Gasteiger partial charge in [0.25, 0.3) is 0 Å². The highest BCUT2D eigenvalue weighted by Crippen LogP contribution is 2.38. The van der Waals surface area contributed by atoms with Crippen LogP contribution in [0.4, 0.5) is 11.6 Å². The number of nitrogens with one attached hydrogen (secondary N) is 2. The van der Waals surface area contributed by atoms with Crippen molar-refractivity contribution in [3.8, 4) is 0 Å². The second kappa shape index (κ2) is 6.79. The minimum atomic E-state index is 0.335. The zero-order valence-corrected chi connectivity index (χ0v) is 13.9. The van der Waals surface area contributed by atoms with Gasteiger partial charge in [0.1, 0.15) is 22.4 Å². The zero-order valence-electron chi connectivity index (χ0n) is 11.5. The van der Waals surface area contributed by atoms with Gasteiger partial charge in [0, 0.05) is 17.8 Å². The lowest BCUT2D eigenvalue weighted by Gasteiger charge is -2.23. The summed E-state index contributed by atoms with van der Waals surface area (Å²) in [6.45, 7) is 6.32. The Bertz CT molecular complexity index is 421. The normalized spacial score (nSPS) is 22.5. The van der Waals surface area contributed by atoms with Crippen LogP contribution in [0.1, 0.15) is 33.1 Å². The van der Waals surface area contributed by atoms with Crippen molar-refractivity contribution < 1.29 is 0 Å². The summed E-state index contributed by atoms with van der Waals surface area (Å²) >= 11 is 5.63. The lowest BCUT2D eigenvalue weighted by atomic mass is 10.1. The van der Waals surface area contributed by atoms with Crippen molar-refractivity contribution in [2.75, 3.05) is 29.5 Å². The molecule has 4 nitrogen and oxygen atoms in total. The zero-order chi connectivity index (χ0) is 13.7. The van der Waals surface area contributed by atoms with Crippen molar-refractivity contribution in [1.29, 1.82) is 0 Å². The fraction of sp³-hybridized carbons (Fsp3) is 0.692. The van der Waals surface area contributed by atoms with Gasteiger partial charge in [0.15, 0.2) is 0 Å². The van der Waals surface area contributed by atoms with Crippen molar-refractivity contribution in [2.45, 2.75) is 37.9 Å². The van der Waals surface area contributed by atoms with Crippen molar-refractivity contribution in [3.63, 3.8) is 0 Å². The van der Waals surface area contributed by atoms with Crippen molar-refractivity contribution in [2.24, 2.45) is 0 Å². The number of thioether (sulfide) groups is 1. The molecule has 1 aliphatic heterocycles. The average molecular weight is 345 g/mol. The molecule has 1 aromatic rings. The molecule has 1 fully saturated rings. The van der Waals surface area contributed by atoms with E-state index in [0.717, 1.165) is 35.6 Å². The first kappa shape index (κ1) is 14.9. The van der Waals surface area contributed by atoms with Crippen molar-refractivity contribution in [3.05, 3.63) is 10.8 Å². The van der Waals surface area contributed by atoms with Crippen LogP contribution < -0.4 is 10.6 Å². The molecule has 1 aliphatic rings. The lowest BCUT2D eigenvalue weighted by Crippen LogP contribution is -2.27. The number of anilines is 2. The molecule has 1 unspecified atom stereocenters. The summed E-state index contributed by atoms with van der Waals surface area (Å²) in [5.41, 5.74) is 0. The number of hydrogen-bond acceptors (Lipinski definition) is 5. The van der Waals surface area contributed by atoms with Crippen molar-refractivity contribution >= 4 is 39.3 Å². The molecular weight excluding hydrogens is 324 g/mol. The second-order valence-electron chi connectivity index (χ2n) is 5.07. The molecule has 0 spiro atoms. The Kier molecular flexibility index (Phi) is 5.33. The highest BCUT2D eigenvalue weighted by molar-refractivity contribution is 9.10. The number of nitrogens with zero attached hydrogens (tertiary/aromatic N) is 2. The molecule has 0 aliphatic carbocycles. The van der Waals surface area contributed by atoms with Crippen LogP contribution in [-0.4, -0.2) is 33.6 Å². The number of aromatic nitrogens is 2. The molecule has 0 bridgehead atoms. The second-order valence-corrected chi connectivity index (χ2v) is 7.54. The smallest absolute Gasteiger partial charge is 0.145 e. The monoisotopic (exact) mass is 344 g/mol. The Hall–Kier alpha value is -0.490. The predicted molar refractivity (Wildman–Crippen MR) is 87.1 cm³/mol. The van der Waals surface area contributed by atoms with E-state index in [-0.39, 0.29) is 0 Å². The SMILES string of the molecule is CCCNc1ncnc(NCC2(C)CCCS2)c1Br. The van der Waals surface area contributed by atoms with E-state index < -0.39 is 0 Å². The van der Waals surface area contributed by atoms with Crippen LogP contribution in [0, 0.1) is 0 Å². The minimum Gasteiger partial charge on any atom is -0.369 e. The Morgan fingerprint density at radius 1 is 1.37 bits per heavy atom. The molecule has 0 saturated carbocycles. The summed E-state index contributed by atoms with van der Waals surface area (Å²) in [6, 6.07) is 0. The molecule has 0 radical (unpaired) electrons. The summed E-state index contributed by atoms with van der Waals surface area (Å²) in [7, 11) is 0. The standard InChI is InChI=1S/C13H21BrN4S/c1-3-6-15-11-10(14)12(18-9-17-11)16-8-13(2)5-4-7-19-13/h9H,3-8H2,1-2H3,(H2,15,16,17,18). The molecule has 2 rings (SSSR count). The van der Waals surface area contributed by atoms with Gasteiger partial charge in [-0.15, -0.1) is 0 Å². The molecule has 1 atom stereocenters. The van der Waals surface area contributed by atoms with Crippen LogP contribution in [0.5, 0.6) is 0 Å². The Morgan fingerprint density at radius 2 is 2.11 bits per heavy atom. The van der Waals surface area contributed by atoms with Gasteiger partial charge < -0.3 is 10.6 Å². The molecule has 2 N–H and O–H groups in total. The van der Waals surface area contributed by atoms with E-state index in [0.29, 0.717) is 4.75 Å². The molecule has 0 amide bonds. The van der Waals surface area contributed by atoms with Crippen LogP contribution >= 0.6 is 27.7 Å². The summed E-state index contributed by atoms with van der Waals surface area (Å²) in [5, 5.41) is 6.75. The van der Waals surface area contributed by atoms with E-state index in [1.165, 1.54) is 18.6 Å². The molecule has 106 valence electrons. The van der Waals surface area contributed by atoms with Crippen LogP contribution in [0.2, 0.25) is 0 Å². The molecular formula is C13H21BrN4S. The van der Waals surface area contributed by atoms with Gasteiger partial charge in [-0.25, -0.2) is 9.97 Å². The van der Waals surface area contributed by atoms with E-state index in [9.17, 15) is 0 Å². The quantitative estimate of drug-likeness (QED) is 0.822. The lowest BCUT2D eigenvalue weighted by molar-refractivity contribution is 0.633. The van der Waals surface area contributed by atoms with Crippen LogP contribution in [0.15, 0.2) is 10.8 Å². The van der Waals surface area contributed by atoms with E-state index in [4.69, 9.17) is 0 Å². The summed E-state index contributed by atoms with van der Waals surface area (Å²) < 4.78 is 1.26. The highest BCUT2D eigenvalue weighted by atomic mass is 79.9. The third kappa shape index (κ3) is 3.99. The highest BCUT2D eigenvalue weighted by Gasteiger charge is 2.29. The van der Waals surface area contributed by atoms with Crippen LogP contribution in [0.3, 0.4) is 0 Å². The van der Waals surface area contributed by atoms with Crippen molar-refractivity contribution in [1.82, 2.24) is 9.97 Å².